The van der Waals surface area contributed by atoms with Crippen molar-refractivity contribution < 1.29 is 0 Å². The van der Waals surface area contributed by atoms with Gasteiger partial charge in [0.25, 0.3) is 0 Å². The molecule has 0 aliphatic carbocycles. The maximum absolute atomic E-state index is 4.96. The summed E-state index contributed by atoms with van der Waals surface area (Å²) in [6, 6.07) is 0. The van der Waals surface area contributed by atoms with Crippen molar-refractivity contribution >= 4 is 29.4 Å². The molecule has 0 bridgehead atoms. The first-order valence-corrected chi connectivity index (χ1v) is 3.38. The van der Waals surface area contributed by atoms with Crippen molar-refractivity contribution in [3.8, 4) is 0 Å². The third kappa shape index (κ3) is 0.690. The maximum atomic E-state index is 4.96. The SMILES string of the molecule is S=C1N=CN=C2NCC=C12. The Bertz CT molecular complexity index is 275. The zero-order valence-corrected chi connectivity index (χ0v) is 5.98. The van der Waals surface area contributed by atoms with Crippen molar-refractivity contribution in [2.24, 2.45) is 9.98 Å². The van der Waals surface area contributed by atoms with E-state index in [1.165, 1.54) is 6.34 Å². The van der Waals surface area contributed by atoms with E-state index in [1.807, 2.05) is 6.08 Å². The van der Waals surface area contributed by atoms with Crippen molar-refractivity contribution in [1.82, 2.24) is 5.32 Å². The zero-order valence-electron chi connectivity index (χ0n) is 5.16. The molecule has 2 heterocycles. The first kappa shape index (κ1) is 5.73. The van der Waals surface area contributed by atoms with Gasteiger partial charge in [-0.3, -0.25) is 0 Å². The fourth-order valence-electron chi connectivity index (χ4n) is 0.954. The second-order valence-corrected chi connectivity index (χ2v) is 2.41. The topological polar surface area (TPSA) is 36.8 Å². The Labute approximate surface area is 63.6 Å². The van der Waals surface area contributed by atoms with Gasteiger partial charge in [-0.2, -0.15) is 0 Å². The number of hydrogen-bond donors (Lipinski definition) is 1. The lowest BCUT2D eigenvalue weighted by molar-refractivity contribution is 1.08. The lowest BCUT2D eigenvalue weighted by atomic mass is 10.2. The van der Waals surface area contributed by atoms with Crippen LogP contribution >= 0.6 is 12.2 Å². The van der Waals surface area contributed by atoms with Gasteiger partial charge in [-0.15, -0.1) is 0 Å². The number of amidine groups is 1. The molecule has 50 valence electrons. The molecule has 2 rings (SSSR count). The van der Waals surface area contributed by atoms with Crippen LogP contribution in [0.4, 0.5) is 0 Å². The fraction of sp³-hybridized carbons (Fsp3) is 0.167. The second-order valence-electron chi connectivity index (χ2n) is 2.03. The van der Waals surface area contributed by atoms with Gasteiger partial charge in [0.05, 0.1) is 5.57 Å². The second kappa shape index (κ2) is 1.98. The number of hydrogen-bond acceptors (Lipinski definition) is 3. The van der Waals surface area contributed by atoms with Crippen molar-refractivity contribution in [3.63, 3.8) is 0 Å². The van der Waals surface area contributed by atoms with Crippen molar-refractivity contribution in [1.29, 1.82) is 0 Å². The molecule has 0 radical (unpaired) electrons. The average Bonchev–Trinajstić information content (AvgIpc) is 2.36. The normalized spacial score (nSPS) is 21.4. The summed E-state index contributed by atoms with van der Waals surface area (Å²) < 4.78 is 0. The van der Waals surface area contributed by atoms with E-state index in [2.05, 4.69) is 15.3 Å². The summed E-state index contributed by atoms with van der Waals surface area (Å²) in [6.07, 6.45) is 3.48. The number of aliphatic imine (C=N–C) groups is 2. The highest BCUT2D eigenvalue weighted by Gasteiger charge is 2.17. The Morgan fingerprint density at radius 2 is 2.50 bits per heavy atom. The quantitative estimate of drug-likeness (QED) is 0.505. The third-order valence-corrected chi connectivity index (χ3v) is 1.75. The van der Waals surface area contributed by atoms with Crippen LogP contribution in [0.25, 0.3) is 0 Å². The molecule has 0 aromatic heterocycles. The molecule has 10 heavy (non-hydrogen) atoms. The lowest BCUT2D eigenvalue weighted by Gasteiger charge is -2.04. The molecule has 3 nitrogen and oxygen atoms in total. The summed E-state index contributed by atoms with van der Waals surface area (Å²) >= 11 is 4.96. The number of nitrogens with zero attached hydrogens (tertiary/aromatic N) is 2. The van der Waals surface area contributed by atoms with Crippen LogP contribution in [0.3, 0.4) is 0 Å². The minimum absolute atomic E-state index is 0.634. The Kier molecular flexibility index (Phi) is 1.14. The molecule has 0 spiro atoms. The molecule has 2 aliphatic rings. The lowest BCUT2D eigenvalue weighted by Crippen LogP contribution is -2.22. The van der Waals surface area contributed by atoms with Gasteiger partial charge >= 0.3 is 0 Å². The van der Waals surface area contributed by atoms with E-state index >= 15 is 0 Å². The van der Waals surface area contributed by atoms with E-state index in [4.69, 9.17) is 12.2 Å². The average molecular weight is 151 g/mol. The molecular formula is C6H5N3S. The van der Waals surface area contributed by atoms with E-state index in [1.54, 1.807) is 0 Å². The highest BCUT2D eigenvalue weighted by Crippen LogP contribution is 2.09. The molecule has 0 unspecified atom stereocenters. The number of thiocarbonyl (C=S) groups is 1. The standard InChI is InChI=1S/C6H5N3S/c10-6-4-1-2-7-5(4)8-3-9-6/h1,3H,2H2,(H,7,8,9,10). The molecule has 2 aliphatic heterocycles. The van der Waals surface area contributed by atoms with Crippen molar-refractivity contribution in [2.75, 3.05) is 6.54 Å². The highest BCUT2D eigenvalue weighted by atomic mass is 32.1. The summed E-state index contributed by atoms with van der Waals surface area (Å²) in [4.78, 5) is 8.52. The molecule has 0 atom stereocenters. The molecule has 0 aromatic rings. The first-order chi connectivity index (χ1) is 4.88. The molecular weight excluding hydrogens is 146 g/mol. The van der Waals surface area contributed by atoms with Crippen LogP contribution in [0.15, 0.2) is 21.6 Å². The van der Waals surface area contributed by atoms with Gasteiger partial charge < -0.3 is 5.32 Å². The summed E-state index contributed by atoms with van der Waals surface area (Å²) in [5.74, 6) is 0.861. The van der Waals surface area contributed by atoms with Gasteiger partial charge in [0.2, 0.25) is 0 Å². The number of nitrogens with one attached hydrogen (secondary N) is 1. The highest BCUT2D eigenvalue weighted by molar-refractivity contribution is 7.81. The van der Waals surface area contributed by atoms with Gasteiger partial charge in [-0.25, -0.2) is 9.98 Å². The Hall–Kier alpha value is -1.03. The van der Waals surface area contributed by atoms with E-state index < -0.39 is 0 Å². The Morgan fingerprint density at radius 3 is 3.30 bits per heavy atom. The van der Waals surface area contributed by atoms with Crippen LogP contribution in [-0.2, 0) is 0 Å². The molecule has 4 heteroatoms. The van der Waals surface area contributed by atoms with Gasteiger partial charge in [0, 0.05) is 6.54 Å². The van der Waals surface area contributed by atoms with Crippen LogP contribution in [0.2, 0.25) is 0 Å². The summed E-state index contributed by atoms with van der Waals surface area (Å²) in [5.41, 5.74) is 0.970. The Balaban J connectivity index is 2.48. The molecule has 0 saturated heterocycles. The molecule has 0 aromatic carbocycles. The van der Waals surface area contributed by atoms with E-state index in [9.17, 15) is 0 Å². The van der Waals surface area contributed by atoms with Crippen molar-refractivity contribution in [2.45, 2.75) is 0 Å². The molecule has 0 amide bonds. The van der Waals surface area contributed by atoms with Crippen LogP contribution in [-0.4, -0.2) is 23.7 Å². The predicted molar refractivity (Wildman–Crippen MR) is 44.6 cm³/mol. The van der Waals surface area contributed by atoms with E-state index in [-0.39, 0.29) is 0 Å². The first-order valence-electron chi connectivity index (χ1n) is 2.97. The molecule has 1 N–H and O–H groups in total. The molecule has 0 saturated carbocycles. The third-order valence-electron chi connectivity index (χ3n) is 1.42. The van der Waals surface area contributed by atoms with Gasteiger partial charge in [-0.05, 0) is 0 Å². The van der Waals surface area contributed by atoms with Gasteiger partial charge in [0.15, 0.2) is 0 Å². The van der Waals surface area contributed by atoms with E-state index in [0.29, 0.717) is 4.99 Å². The predicted octanol–water partition coefficient (Wildman–Crippen LogP) is 0.284. The van der Waals surface area contributed by atoms with Gasteiger partial charge in [0.1, 0.15) is 17.2 Å². The summed E-state index contributed by atoms with van der Waals surface area (Å²) in [6.45, 7) is 0.817. The maximum Gasteiger partial charge on any atom is 0.138 e. The number of fused-ring (bicyclic) bond motifs is 1. The minimum Gasteiger partial charge on any atom is -0.366 e. The number of rotatable bonds is 0. The van der Waals surface area contributed by atoms with Crippen LogP contribution in [0, 0.1) is 0 Å². The largest absolute Gasteiger partial charge is 0.366 e. The van der Waals surface area contributed by atoms with Gasteiger partial charge in [-0.1, -0.05) is 18.3 Å². The van der Waals surface area contributed by atoms with Crippen molar-refractivity contribution in [3.05, 3.63) is 11.6 Å². The van der Waals surface area contributed by atoms with Crippen LogP contribution in [0.1, 0.15) is 0 Å². The minimum atomic E-state index is 0.634. The molecule has 0 fully saturated rings. The van der Waals surface area contributed by atoms with Crippen LogP contribution in [0.5, 0.6) is 0 Å². The Morgan fingerprint density at radius 1 is 1.60 bits per heavy atom. The smallest absolute Gasteiger partial charge is 0.138 e. The summed E-state index contributed by atoms with van der Waals surface area (Å²) in [5, 5.41) is 3.07. The van der Waals surface area contributed by atoms with Crippen LogP contribution < -0.4 is 5.32 Å². The monoisotopic (exact) mass is 151 g/mol. The fourth-order valence-corrected chi connectivity index (χ4v) is 1.18. The van der Waals surface area contributed by atoms with E-state index in [0.717, 1.165) is 18.0 Å². The summed E-state index contributed by atoms with van der Waals surface area (Å²) in [7, 11) is 0. The zero-order chi connectivity index (χ0) is 6.97.